The molecule has 0 spiro atoms. The van der Waals surface area contributed by atoms with Crippen LogP contribution in [0.1, 0.15) is 17.3 Å². The first kappa shape index (κ1) is 13.6. The Morgan fingerprint density at radius 2 is 2.24 bits per heavy atom. The van der Waals surface area contributed by atoms with Crippen LogP contribution in [0.25, 0.3) is 0 Å². The second-order valence-electron chi connectivity index (χ2n) is 3.12. The molecule has 0 heterocycles. The monoisotopic (exact) mass is 254 g/mol. The molecule has 0 saturated heterocycles. The molecule has 0 saturated carbocycles. The van der Waals surface area contributed by atoms with Crippen molar-refractivity contribution in [2.45, 2.75) is 11.8 Å². The van der Waals surface area contributed by atoms with Crippen molar-refractivity contribution in [2.24, 2.45) is 0 Å². The lowest BCUT2D eigenvalue weighted by atomic mass is 10.2. The summed E-state index contributed by atoms with van der Waals surface area (Å²) in [6.07, 6.45) is 0.752. The predicted molar refractivity (Wildman–Crippen MR) is 65.7 cm³/mol. The molecule has 1 aromatic carbocycles. The first-order valence-electron chi connectivity index (χ1n) is 5.13. The minimum atomic E-state index is -0.265. The van der Waals surface area contributed by atoms with Crippen molar-refractivity contribution < 1.29 is 19.1 Å². The molecule has 1 rings (SSSR count). The van der Waals surface area contributed by atoms with Gasteiger partial charge >= 0.3 is 5.97 Å². The molecule has 17 heavy (non-hydrogen) atoms. The molecule has 0 aromatic heterocycles. The summed E-state index contributed by atoms with van der Waals surface area (Å²) < 4.78 is 9.97. The van der Waals surface area contributed by atoms with Crippen LogP contribution in [-0.4, -0.2) is 31.7 Å². The highest BCUT2D eigenvalue weighted by Gasteiger charge is 2.08. The number of hydrogen-bond donors (Lipinski definition) is 0. The summed E-state index contributed by atoms with van der Waals surface area (Å²) >= 11 is 1.32. The van der Waals surface area contributed by atoms with Gasteiger partial charge in [0.15, 0.2) is 0 Å². The molecule has 0 N–H and O–H groups in total. The van der Waals surface area contributed by atoms with Gasteiger partial charge in [-0.2, -0.15) is 0 Å². The molecule has 0 atom stereocenters. The van der Waals surface area contributed by atoms with Crippen molar-refractivity contribution in [2.75, 3.05) is 19.5 Å². The van der Waals surface area contributed by atoms with Crippen molar-refractivity contribution in [1.82, 2.24) is 0 Å². The number of aldehydes is 1. The van der Waals surface area contributed by atoms with Gasteiger partial charge in [-0.25, -0.2) is 0 Å². The third-order valence-corrected chi connectivity index (χ3v) is 3.00. The number of benzene rings is 1. The Balaban J connectivity index is 2.70. The lowest BCUT2D eigenvalue weighted by Crippen LogP contribution is -2.06. The van der Waals surface area contributed by atoms with Crippen LogP contribution in [0, 0.1) is 0 Å². The number of esters is 1. The number of rotatable bonds is 6. The summed E-state index contributed by atoms with van der Waals surface area (Å²) in [5.74, 6) is 0.549. The second kappa shape index (κ2) is 6.96. The van der Waals surface area contributed by atoms with Crippen molar-refractivity contribution in [1.29, 1.82) is 0 Å². The molecule has 0 amide bonds. The number of carbonyl (C=O) groups is 2. The van der Waals surface area contributed by atoms with E-state index in [0.717, 1.165) is 11.2 Å². The quantitative estimate of drug-likeness (QED) is 0.442. The highest BCUT2D eigenvalue weighted by molar-refractivity contribution is 8.00. The summed E-state index contributed by atoms with van der Waals surface area (Å²) in [7, 11) is 1.53. The third kappa shape index (κ3) is 4.11. The topological polar surface area (TPSA) is 52.6 Å². The summed E-state index contributed by atoms with van der Waals surface area (Å²) in [4.78, 5) is 22.6. The van der Waals surface area contributed by atoms with E-state index in [4.69, 9.17) is 9.47 Å². The highest BCUT2D eigenvalue weighted by Crippen LogP contribution is 2.29. The molecule has 4 nitrogen and oxygen atoms in total. The molecule has 0 aliphatic rings. The lowest BCUT2D eigenvalue weighted by Gasteiger charge is -2.08. The normalized spacial score (nSPS) is 9.76. The molecule has 0 unspecified atom stereocenters. The van der Waals surface area contributed by atoms with E-state index in [2.05, 4.69) is 0 Å². The van der Waals surface area contributed by atoms with Gasteiger partial charge in [0.2, 0.25) is 0 Å². The predicted octanol–water partition coefficient (Wildman–Crippen LogP) is 2.16. The second-order valence-corrected chi connectivity index (χ2v) is 4.14. The van der Waals surface area contributed by atoms with Gasteiger partial charge in [0, 0.05) is 10.5 Å². The van der Waals surface area contributed by atoms with Crippen LogP contribution in [-0.2, 0) is 9.53 Å². The maximum atomic E-state index is 11.2. The van der Waals surface area contributed by atoms with Gasteiger partial charge in [-0.1, -0.05) is 6.07 Å². The van der Waals surface area contributed by atoms with Gasteiger partial charge in [-0.05, 0) is 19.1 Å². The fraction of sp³-hybridized carbons (Fsp3) is 0.333. The lowest BCUT2D eigenvalue weighted by molar-refractivity contribution is -0.139. The smallest absolute Gasteiger partial charge is 0.316 e. The molecule has 0 bridgehead atoms. The van der Waals surface area contributed by atoms with Gasteiger partial charge in [-0.15, -0.1) is 11.8 Å². The molecular formula is C12H14O4S. The summed E-state index contributed by atoms with van der Waals surface area (Å²) in [6, 6.07) is 5.08. The number of ether oxygens (including phenoxy) is 2. The van der Waals surface area contributed by atoms with E-state index < -0.39 is 0 Å². The van der Waals surface area contributed by atoms with Gasteiger partial charge in [0.1, 0.15) is 12.0 Å². The Bertz CT molecular complexity index is 403. The molecule has 0 radical (unpaired) electrons. The van der Waals surface area contributed by atoms with Gasteiger partial charge in [-0.3, -0.25) is 9.59 Å². The maximum Gasteiger partial charge on any atom is 0.316 e. The van der Waals surface area contributed by atoms with Crippen molar-refractivity contribution >= 4 is 24.0 Å². The first-order chi connectivity index (χ1) is 8.21. The minimum absolute atomic E-state index is 0.227. The van der Waals surface area contributed by atoms with Gasteiger partial charge in [0.05, 0.1) is 19.5 Å². The number of carbonyl (C=O) groups excluding carboxylic acids is 2. The molecule has 1 aromatic rings. The van der Waals surface area contributed by atoms with Gasteiger partial charge in [0.25, 0.3) is 0 Å². The van der Waals surface area contributed by atoms with E-state index in [1.165, 1.54) is 18.9 Å². The number of thioether (sulfide) groups is 1. The third-order valence-electron chi connectivity index (χ3n) is 1.97. The van der Waals surface area contributed by atoms with E-state index in [1.807, 2.05) is 0 Å². The molecular weight excluding hydrogens is 240 g/mol. The molecule has 0 aliphatic heterocycles. The standard InChI is InChI=1S/C12H14O4S/c1-3-16-12(14)8-17-11-5-4-9(7-13)6-10(11)15-2/h4-7H,3,8H2,1-2H3. The fourth-order valence-corrected chi connectivity index (χ4v) is 2.02. The molecule has 0 fully saturated rings. The van der Waals surface area contributed by atoms with Crippen LogP contribution in [0.15, 0.2) is 23.1 Å². The fourth-order valence-electron chi connectivity index (χ4n) is 1.22. The Hall–Kier alpha value is -1.49. The SMILES string of the molecule is CCOC(=O)CSc1ccc(C=O)cc1OC. The summed E-state index contributed by atoms with van der Waals surface area (Å²) in [5, 5.41) is 0. The maximum absolute atomic E-state index is 11.2. The van der Waals surface area contributed by atoms with E-state index in [1.54, 1.807) is 25.1 Å². The van der Waals surface area contributed by atoms with Crippen LogP contribution in [0.3, 0.4) is 0 Å². The van der Waals surface area contributed by atoms with Crippen LogP contribution >= 0.6 is 11.8 Å². The zero-order valence-electron chi connectivity index (χ0n) is 9.76. The largest absolute Gasteiger partial charge is 0.496 e. The van der Waals surface area contributed by atoms with Crippen molar-refractivity contribution in [3.05, 3.63) is 23.8 Å². The molecule has 5 heteroatoms. The first-order valence-corrected chi connectivity index (χ1v) is 6.11. The zero-order chi connectivity index (χ0) is 12.7. The average molecular weight is 254 g/mol. The van der Waals surface area contributed by atoms with Crippen LogP contribution in [0.5, 0.6) is 5.75 Å². The summed E-state index contributed by atoms with van der Waals surface area (Å²) in [5.41, 5.74) is 0.544. The van der Waals surface area contributed by atoms with Gasteiger partial charge < -0.3 is 9.47 Å². The minimum Gasteiger partial charge on any atom is -0.496 e. The number of methoxy groups -OCH3 is 1. The Kier molecular flexibility index (Phi) is 5.56. The highest BCUT2D eigenvalue weighted by atomic mass is 32.2. The van der Waals surface area contributed by atoms with Crippen molar-refractivity contribution in [3.8, 4) is 5.75 Å². The zero-order valence-corrected chi connectivity index (χ0v) is 10.6. The van der Waals surface area contributed by atoms with E-state index in [0.29, 0.717) is 17.9 Å². The number of hydrogen-bond acceptors (Lipinski definition) is 5. The van der Waals surface area contributed by atoms with Crippen LogP contribution in [0.2, 0.25) is 0 Å². The van der Waals surface area contributed by atoms with E-state index >= 15 is 0 Å². The Labute approximate surface area is 104 Å². The average Bonchev–Trinajstić information content (AvgIpc) is 2.36. The van der Waals surface area contributed by atoms with Crippen molar-refractivity contribution in [3.63, 3.8) is 0 Å². The Morgan fingerprint density at radius 1 is 1.47 bits per heavy atom. The summed E-state index contributed by atoms with van der Waals surface area (Å²) in [6.45, 7) is 2.14. The van der Waals surface area contributed by atoms with Crippen LogP contribution < -0.4 is 4.74 Å². The molecule has 0 aliphatic carbocycles. The molecule has 92 valence electrons. The van der Waals surface area contributed by atoms with E-state index in [9.17, 15) is 9.59 Å². The van der Waals surface area contributed by atoms with E-state index in [-0.39, 0.29) is 11.7 Å². The Morgan fingerprint density at radius 3 is 2.82 bits per heavy atom. The van der Waals surface area contributed by atoms with Crippen LogP contribution in [0.4, 0.5) is 0 Å².